The first-order valence-electron chi connectivity index (χ1n) is 36.3. The SMILES string of the molecule is CCCCCCC/C=C\C/C=C\CCCCCCCCCCCCCCCCCC(=O)OC(COC(=O)CCCCCCCCC)COC(=O)CCCCCCCCCCCCCCCCCCCCCCCCCCCCCC. The summed E-state index contributed by atoms with van der Waals surface area (Å²) in [5.74, 6) is -0.841. The van der Waals surface area contributed by atoms with Crippen molar-refractivity contribution in [3.05, 3.63) is 24.3 Å². The third-order valence-electron chi connectivity index (χ3n) is 16.7. The Balaban J connectivity index is 4.00. The van der Waals surface area contributed by atoms with Crippen molar-refractivity contribution in [2.45, 2.75) is 419 Å². The van der Waals surface area contributed by atoms with E-state index in [4.69, 9.17) is 14.2 Å². The standard InChI is InChI=1S/C74H140O6/c1-4-7-10-13-16-18-20-22-24-26-28-30-32-34-36-38-39-41-43-45-47-49-51-53-55-58-61-64-67-73(76)79-70-71(69-78-72(75)66-63-60-57-15-12-9-6-3)80-74(77)68-65-62-59-56-54-52-50-48-46-44-42-40-37-35-33-31-29-27-25-23-21-19-17-14-11-8-5-2/h21,23,27,29,71H,4-20,22,24-26,28,30-70H2,1-3H3/b23-21-,29-27-. The molecular weight excluding hydrogens is 985 g/mol. The fourth-order valence-electron chi connectivity index (χ4n) is 11.2. The third kappa shape index (κ3) is 66.7. The molecule has 0 radical (unpaired) electrons. The van der Waals surface area contributed by atoms with E-state index in [1.807, 2.05) is 0 Å². The number of esters is 3. The molecule has 0 rings (SSSR count). The molecule has 0 saturated carbocycles. The molecule has 0 aromatic carbocycles. The van der Waals surface area contributed by atoms with Gasteiger partial charge in [-0.3, -0.25) is 14.4 Å². The van der Waals surface area contributed by atoms with Gasteiger partial charge in [0.2, 0.25) is 0 Å². The van der Waals surface area contributed by atoms with Crippen molar-refractivity contribution >= 4 is 17.9 Å². The summed E-state index contributed by atoms with van der Waals surface area (Å²) in [4.78, 5) is 38.2. The molecule has 0 N–H and O–H groups in total. The van der Waals surface area contributed by atoms with Gasteiger partial charge in [0.1, 0.15) is 13.2 Å². The quantitative estimate of drug-likeness (QED) is 0.0261. The van der Waals surface area contributed by atoms with Crippen LogP contribution in [0, 0.1) is 0 Å². The minimum atomic E-state index is -0.766. The fraction of sp³-hybridized carbons (Fsp3) is 0.905. The molecule has 6 nitrogen and oxygen atoms in total. The molecule has 6 heteroatoms. The highest BCUT2D eigenvalue weighted by Crippen LogP contribution is 2.19. The molecule has 1 atom stereocenters. The topological polar surface area (TPSA) is 78.9 Å². The zero-order chi connectivity index (χ0) is 57.8. The molecule has 0 heterocycles. The first-order chi connectivity index (χ1) is 39.5. The smallest absolute Gasteiger partial charge is 0.306 e. The second-order valence-electron chi connectivity index (χ2n) is 24.9. The summed E-state index contributed by atoms with van der Waals surface area (Å²) in [6.07, 6.45) is 85.4. The maximum atomic E-state index is 12.9. The van der Waals surface area contributed by atoms with E-state index in [1.54, 1.807) is 0 Å². The Morgan fingerprint density at radius 1 is 0.250 bits per heavy atom. The van der Waals surface area contributed by atoms with Gasteiger partial charge in [-0.05, 0) is 51.4 Å². The Kier molecular flexibility index (Phi) is 67.6. The number of hydrogen-bond acceptors (Lipinski definition) is 6. The van der Waals surface area contributed by atoms with Crippen molar-refractivity contribution in [1.82, 2.24) is 0 Å². The Labute approximate surface area is 500 Å². The van der Waals surface area contributed by atoms with Gasteiger partial charge >= 0.3 is 17.9 Å². The van der Waals surface area contributed by atoms with Crippen LogP contribution in [0.2, 0.25) is 0 Å². The number of carbonyl (C=O) groups is 3. The molecule has 0 aromatic heterocycles. The Hall–Kier alpha value is -2.11. The number of allylic oxidation sites excluding steroid dienone is 4. The van der Waals surface area contributed by atoms with Crippen LogP contribution in [0.5, 0.6) is 0 Å². The maximum absolute atomic E-state index is 12.9. The van der Waals surface area contributed by atoms with Crippen molar-refractivity contribution in [2.24, 2.45) is 0 Å². The van der Waals surface area contributed by atoms with Crippen LogP contribution in [0.25, 0.3) is 0 Å². The minimum absolute atomic E-state index is 0.0647. The van der Waals surface area contributed by atoms with E-state index in [2.05, 4.69) is 45.1 Å². The molecule has 0 aromatic rings. The first-order valence-corrected chi connectivity index (χ1v) is 36.3. The van der Waals surface area contributed by atoms with Gasteiger partial charge in [-0.1, -0.05) is 366 Å². The molecule has 0 bridgehead atoms. The van der Waals surface area contributed by atoms with E-state index in [0.29, 0.717) is 19.3 Å². The van der Waals surface area contributed by atoms with Crippen molar-refractivity contribution < 1.29 is 28.6 Å². The van der Waals surface area contributed by atoms with E-state index < -0.39 is 6.10 Å². The summed E-state index contributed by atoms with van der Waals surface area (Å²) in [6.45, 7) is 6.67. The lowest BCUT2D eigenvalue weighted by molar-refractivity contribution is -0.167. The first kappa shape index (κ1) is 77.9. The minimum Gasteiger partial charge on any atom is -0.462 e. The van der Waals surface area contributed by atoms with Gasteiger partial charge < -0.3 is 14.2 Å². The molecule has 80 heavy (non-hydrogen) atoms. The number of ether oxygens (including phenoxy) is 3. The van der Waals surface area contributed by atoms with Crippen molar-refractivity contribution in [2.75, 3.05) is 13.2 Å². The predicted molar refractivity (Wildman–Crippen MR) is 349 cm³/mol. The van der Waals surface area contributed by atoms with Gasteiger partial charge in [0.15, 0.2) is 6.10 Å². The van der Waals surface area contributed by atoms with E-state index in [1.165, 1.54) is 308 Å². The zero-order valence-corrected chi connectivity index (χ0v) is 54.4. The summed E-state index contributed by atoms with van der Waals surface area (Å²) in [5, 5.41) is 0. The average molecular weight is 1130 g/mol. The van der Waals surface area contributed by atoms with Crippen LogP contribution < -0.4 is 0 Å². The van der Waals surface area contributed by atoms with Gasteiger partial charge in [0.05, 0.1) is 0 Å². The predicted octanol–water partition coefficient (Wildman–Crippen LogP) is 25.0. The summed E-state index contributed by atoms with van der Waals surface area (Å²) in [6, 6.07) is 0. The van der Waals surface area contributed by atoms with E-state index in [0.717, 1.165) is 64.2 Å². The molecule has 0 aliphatic heterocycles. The van der Waals surface area contributed by atoms with Crippen molar-refractivity contribution in [3.63, 3.8) is 0 Å². The number of unbranched alkanes of at least 4 members (excludes halogenated alkanes) is 53. The molecule has 0 aliphatic carbocycles. The average Bonchev–Trinajstić information content (AvgIpc) is 3.46. The highest BCUT2D eigenvalue weighted by Gasteiger charge is 2.19. The third-order valence-corrected chi connectivity index (χ3v) is 16.7. The molecule has 0 saturated heterocycles. The summed E-state index contributed by atoms with van der Waals surface area (Å²) in [5.41, 5.74) is 0. The van der Waals surface area contributed by atoms with Crippen molar-refractivity contribution in [3.8, 4) is 0 Å². The van der Waals surface area contributed by atoms with Gasteiger partial charge in [-0.25, -0.2) is 0 Å². The second kappa shape index (κ2) is 69.4. The monoisotopic (exact) mass is 1130 g/mol. The highest BCUT2D eigenvalue weighted by atomic mass is 16.6. The van der Waals surface area contributed by atoms with E-state index in [9.17, 15) is 14.4 Å². The molecule has 0 spiro atoms. The summed E-state index contributed by atoms with van der Waals surface area (Å²) >= 11 is 0. The van der Waals surface area contributed by atoms with Crippen LogP contribution in [-0.2, 0) is 28.6 Å². The number of hydrogen-bond donors (Lipinski definition) is 0. The lowest BCUT2D eigenvalue weighted by atomic mass is 10.0. The molecule has 472 valence electrons. The van der Waals surface area contributed by atoms with Crippen LogP contribution in [0.4, 0.5) is 0 Å². The Morgan fingerprint density at radius 3 is 0.688 bits per heavy atom. The summed E-state index contributed by atoms with van der Waals surface area (Å²) in [7, 11) is 0. The molecular formula is C74H140O6. The van der Waals surface area contributed by atoms with Gasteiger partial charge in [0, 0.05) is 19.3 Å². The van der Waals surface area contributed by atoms with Gasteiger partial charge in [-0.2, -0.15) is 0 Å². The Bertz CT molecular complexity index is 1290. The van der Waals surface area contributed by atoms with Gasteiger partial charge in [0.25, 0.3) is 0 Å². The largest absolute Gasteiger partial charge is 0.462 e. The highest BCUT2D eigenvalue weighted by molar-refractivity contribution is 5.71. The van der Waals surface area contributed by atoms with Crippen LogP contribution >= 0.6 is 0 Å². The van der Waals surface area contributed by atoms with E-state index in [-0.39, 0.29) is 31.1 Å². The molecule has 1 unspecified atom stereocenters. The van der Waals surface area contributed by atoms with Crippen LogP contribution in [0.1, 0.15) is 412 Å². The van der Waals surface area contributed by atoms with Gasteiger partial charge in [-0.15, -0.1) is 0 Å². The van der Waals surface area contributed by atoms with Crippen LogP contribution in [0.3, 0.4) is 0 Å². The maximum Gasteiger partial charge on any atom is 0.306 e. The normalized spacial score (nSPS) is 12.1. The lowest BCUT2D eigenvalue weighted by Gasteiger charge is -2.18. The molecule has 0 amide bonds. The fourth-order valence-corrected chi connectivity index (χ4v) is 11.2. The van der Waals surface area contributed by atoms with Crippen molar-refractivity contribution in [1.29, 1.82) is 0 Å². The Morgan fingerprint density at radius 2 is 0.450 bits per heavy atom. The molecule has 0 aliphatic rings. The molecule has 0 fully saturated rings. The van der Waals surface area contributed by atoms with Crippen LogP contribution in [-0.4, -0.2) is 37.2 Å². The van der Waals surface area contributed by atoms with Crippen LogP contribution in [0.15, 0.2) is 24.3 Å². The second-order valence-corrected chi connectivity index (χ2v) is 24.9. The zero-order valence-electron chi connectivity index (χ0n) is 54.4. The summed E-state index contributed by atoms with van der Waals surface area (Å²) < 4.78 is 16.9. The van der Waals surface area contributed by atoms with E-state index >= 15 is 0 Å². The lowest BCUT2D eigenvalue weighted by Crippen LogP contribution is -2.30. The number of carbonyl (C=O) groups excluding carboxylic acids is 3. The number of rotatable bonds is 68.